The molecule has 2 nitrogen and oxygen atoms in total. The number of piperidine rings is 1. The summed E-state index contributed by atoms with van der Waals surface area (Å²) in [5.74, 6) is 2.11. The van der Waals surface area contributed by atoms with Crippen molar-refractivity contribution in [1.82, 2.24) is 4.90 Å². The molecule has 1 aliphatic carbocycles. The van der Waals surface area contributed by atoms with E-state index < -0.39 is 0 Å². The Kier molecular flexibility index (Phi) is 2.18. The number of rotatable bonds is 2. The van der Waals surface area contributed by atoms with E-state index in [2.05, 4.69) is 11.8 Å². The topological polar surface area (TPSA) is 12.5 Å². The maximum absolute atomic E-state index is 5.65. The van der Waals surface area contributed by atoms with Crippen LogP contribution in [0, 0.1) is 5.92 Å². The van der Waals surface area contributed by atoms with Crippen LogP contribution in [0.5, 0.6) is 0 Å². The van der Waals surface area contributed by atoms with Crippen molar-refractivity contribution < 1.29 is 4.74 Å². The molecule has 0 aromatic rings. The molecule has 0 aromatic heterocycles. The van der Waals surface area contributed by atoms with Gasteiger partial charge in [-0.1, -0.05) is 6.92 Å². The Labute approximate surface area is 92.3 Å². The highest BCUT2D eigenvalue weighted by atomic mass is 16.5. The average Bonchev–Trinajstić information content (AvgIpc) is 3.01. The van der Waals surface area contributed by atoms with E-state index in [4.69, 9.17) is 4.74 Å². The zero-order valence-electron chi connectivity index (χ0n) is 9.83. The van der Waals surface area contributed by atoms with Crippen molar-refractivity contribution in [3.63, 3.8) is 0 Å². The van der Waals surface area contributed by atoms with Gasteiger partial charge < -0.3 is 9.64 Å². The largest absolute Gasteiger partial charge is 0.482 e. The number of fused-ring (bicyclic) bond motifs is 2. The van der Waals surface area contributed by atoms with Crippen molar-refractivity contribution in [3.05, 3.63) is 11.5 Å². The number of ether oxygens (including phenoxy) is 1. The number of nitrogens with zero attached hydrogens (tertiary/aromatic N) is 1. The second-order valence-electron chi connectivity index (χ2n) is 5.39. The lowest BCUT2D eigenvalue weighted by Gasteiger charge is -2.38. The third-order valence-corrected chi connectivity index (χ3v) is 4.32. The maximum Gasteiger partial charge on any atom is 0.188 e. The second-order valence-corrected chi connectivity index (χ2v) is 5.39. The lowest BCUT2D eigenvalue weighted by atomic mass is 9.99. The first-order chi connectivity index (χ1) is 7.31. The van der Waals surface area contributed by atoms with Crippen LogP contribution in [0.25, 0.3) is 0 Å². The monoisotopic (exact) mass is 207 g/mol. The van der Waals surface area contributed by atoms with Gasteiger partial charge in [0.05, 0.1) is 7.11 Å². The van der Waals surface area contributed by atoms with Gasteiger partial charge in [-0.25, -0.2) is 0 Å². The number of hydrogen-bond acceptors (Lipinski definition) is 2. The maximum atomic E-state index is 5.65. The van der Waals surface area contributed by atoms with E-state index in [1.807, 2.05) is 7.11 Å². The average molecular weight is 207 g/mol. The van der Waals surface area contributed by atoms with E-state index in [0.717, 1.165) is 18.0 Å². The van der Waals surface area contributed by atoms with Crippen molar-refractivity contribution in [2.24, 2.45) is 5.92 Å². The van der Waals surface area contributed by atoms with Crippen LogP contribution in [-0.4, -0.2) is 24.1 Å². The van der Waals surface area contributed by atoms with Gasteiger partial charge in [-0.05, 0) is 50.0 Å². The number of allylic oxidation sites excluding steroid dienone is 1. The van der Waals surface area contributed by atoms with Gasteiger partial charge in [0.25, 0.3) is 0 Å². The van der Waals surface area contributed by atoms with Crippen LogP contribution in [0.4, 0.5) is 0 Å². The molecule has 2 saturated heterocycles. The van der Waals surface area contributed by atoms with Crippen molar-refractivity contribution in [1.29, 1.82) is 0 Å². The zero-order chi connectivity index (χ0) is 10.4. The summed E-state index contributed by atoms with van der Waals surface area (Å²) in [5, 5.41) is 0. The lowest BCUT2D eigenvalue weighted by molar-refractivity contribution is 0.0773. The quantitative estimate of drug-likeness (QED) is 0.646. The molecule has 0 spiro atoms. The van der Waals surface area contributed by atoms with E-state index in [0.29, 0.717) is 0 Å². The normalized spacial score (nSPS) is 38.1. The van der Waals surface area contributed by atoms with Gasteiger partial charge in [-0.15, -0.1) is 0 Å². The molecular formula is C13H21NO. The van der Waals surface area contributed by atoms with Crippen LogP contribution in [0.2, 0.25) is 0 Å². The first-order valence-corrected chi connectivity index (χ1v) is 6.35. The molecule has 15 heavy (non-hydrogen) atoms. The highest BCUT2D eigenvalue weighted by Gasteiger charge is 2.44. The van der Waals surface area contributed by atoms with E-state index >= 15 is 0 Å². The predicted octanol–water partition coefficient (Wildman–Crippen LogP) is 2.90. The molecule has 3 atom stereocenters. The van der Waals surface area contributed by atoms with Gasteiger partial charge in [0.1, 0.15) is 0 Å². The van der Waals surface area contributed by atoms with Gasteiger partial charge in [-0.3, -0.25) is 0 Å². The van der Waals surface area contributed by atoms with Gasteiger partial charge >= 0.3 is 0 Å². The van der Waals surface area contributed by atoms with E-state index in [1.165, 1.54) is 44.4 Å². The Morgan fingerprint density at radius 3 is 2.73 bits per heavy atom. The molecule has 3 fully saturated rings. The van der Waals surface area contributed by atoms with Crippen molar-refractivity contribution in [3.8, 4) is 0 Å². The van der Waals surface area contributed by atoms with Crippen LogP contribution in [0.1, 0.15) is 45.4 Å². The van der Waals surface area contributed by atoms with Crippen LogP contribution < -0.4 is 0 Å². The molecule has 0 N–H and O–H groups in total. The van der Waals surface area contributed by atoms with E-state index in [-0.39, 0.29) is 0 Å². The van der Waals surface area contributed by atoms with Crippen molar-refractivity contribution in [2.45, 2.75) is 57.5 Å². The van der Waals surface area contributed by atoms with Crippen LogP contribution in [0.15, 0.2) is 11.5 Å². The first-order valence-electron chi connectivity index (χ1n) is 6.35. The fourth-order valence-electron chi connectivity index (χ4n) is 3.51. The minimum absolute atomic E-state index is 0.770. The molecule has 2 bridgehead atoms. The molecule has 3 aliphatic rings. The summed E-state index contributed by atoms with van der Waals surface area (Å²) >= 11 is 0. The highest BCUT2D eigenvalue weighted by Crippen LogP contribution is 2.45. The smallest absolute Gasteiger partial charge is 0.188 e. The van der Waals surface area contributed by atoms with Gasteiger partial charge in [0.15, 0.2) is 5.88 Å². The Hall–Kier alpha value is -0.660. The van der Waals surface area contributed by atoms with E-state index in [9.17, 15) is 0 Å². The predicted molar refractivity (Wildman–Crippen MR) is 60.3 cm³/mol. The molecule has 84 valence electrons. The summed E-state index contributed by atoms with van der Waals surface area (Å²) < 4.78 is 5.65. The molecule has 1 saturated carbocycles. The zero-order valence-corrected chi connectivity index (χ0v) is 9.83. The molecule has 2 heterocycles. The fourth-order valence-corrected chi connectivity index (χ4v) is 3.51. The Morgan fingerprint density at radius 1 is 1.33 bits per heavy atom. The first kappa shape index (κ1) is 9.56. The summed E-state index contributed by atoms with van der Waals surface area (Å²) in [5.41, 5.74) is 1.56. The third kappa shape index (κ3) is 1.45. The second kappa shape index (κ2) is 3.43. The van der Waals surface area contributed by atoms with Crippen LogP contribution in [0.3, 0.4) is 0 Å². The molecule has 2 heteroatoms. The molecule has 3 unspecified atom stereocenters. The molecule has 0 radical (unpaired) electrons. The Morgan fingerprint density at radius 2 is 2.13 bits per heavy atom. The third-order valence-electron chi connectivity index (χ3n) is 4.32. The summed E-state index contributed by atoms with van der Waals surface area (Å²) in [6, 6.07) is 1.55. The van der Waals surface area contributed by atoms with Gasteiger partial charge in [0, 0.05) is 12.1 Å². The Balaban J connectivity index is 1.89. The summed E-state index contributed by atoms with van der Waals surface area (Å²) in [4.78, 5) is 2.62. The number of methoxy groups -OCH3 is 1. The van der Waals surface area contributed by atoms with Crippen molar-refractivity contribution in [2.75, 3.05) is 7.11 Å². The Bertz CT molecular complexity index is 291. The minimum Gasteiger partial charge on any atom is -0.482 e. The standard InChI is InChI=1S/C13H21NO/c1-9-8-11-4-3-5-12(9)14(11)13(15-2)10-6-7-10/h9,11-12H,3-8H2,1-2H3. The van der Waals surface area contributed by atoms with Crippen molar-refractivity contribution >= 4 is 0 Å². The minimum atomic E-state index is 0.770. The van der Waals surface area contributed by atoms with Gasteiger partial charge in [0.2, 0.25) is 0 Å². The van der Waals surface area contributed by atoms with Crippen LogP contribution >= 0.6 is 0 Å². The molecular weight excluding hydrogens is 186 g/mol. The summed E-state index contributed by atoms with van der Waals surface area (Å²) in [7, 11) is 1.85. The van der Waals surface area contributed by atoms with Crippen LogP contribution in [-0.2, 0) is 4.74 Å². The highest BCUT2D eigenvalue weighted by molar-refractivity contribution is 5.23. The summed E-state index contributed by atoms with van der Waals surface area (Å²) in [6.07, 6.45) is 8.09. The lowest BCUT2D eigenvalue weighted by Crippen LogP contribution is -2.40. The summed E-state index contributed by atoms with van der Waals surface area (Å²) in [6.45, 7) is 2.41. The molecule has 2 aliphatic heterocycles. The fraction of sp³-hybridized carbons (Fsp3) is 0.846. The van der Waals surface area contributed by atoms with Gasteiger partial charge in [-0.2, -0.15) is 0 Å². The molecule has 0 aromatic carbocycles. The molecule has 3 rings (SSSR count). The number of hydrogen-bond donors (Lipinski definition) is 0. The molecule has 0 amide bonds. The SMILES string of the molecule is COC(=C1CC1)N1C2CCCC1C(C)C2. The van der Waals surface area contributed by atoms with E-state index in [1.54, 1.807) is 5.57 Å².